The van der Waals surface area contributed by atoms with E-state index in [-0.39, 0.29) is 21.9 Å². The number of carboxylic acid groups (broad SMARTS) is 1. The first-order valence-corrected chi connectivity index (χ1v) is 12.4. The number of carbonyl (C=O) groups is 4. The summed E-state index contributed by atoms with van der Waals surface area (Å²) in [4.78, 5) is 52.1. The van der Waals surface area contributed by atoms with Crippen molar-refractivity contribution in [3.63, 3.8) is 0 Å². The Labute approximate surface area is 221 Å². The Morgan fingerprint density at radius 1 is 0.919 bits per heavy atom. The zero-order valence-electron chi connectivity index (χ0n) is 19.6. The molecule has 0 unspecified atom stereocenters. The summed E-state index contributed by atoms with van der Waals surface area (Å²) >= 11 is 7.08. The van der Waals surface area contributed by atoms with E-state index in [4.69, 9.17) is 21.4 Å². The van der Waals surface area contributed by atoms with Gasteiger partial charge in [0.15, 0.2) is 0 Å². The molecule has 4 rings (SSSR count). The van der Waals surface area contributed by atoms with Crippen LogP contribution in [0.15, 0.2) is 88.3 Å². The number of halogens is 1. The van der Waals surface area contributed by atoms with E-state index in [0.29, 0.717) is 34.2 Å². The van der Waals surface area contributed by atoms with Gasteiger partial charge in [-0.2, -0.15) is 0 Å². The van der Waals surface area contributed by atoms with Gasteiger partial charge >= 0.3 is 11.9 Å². The fourth-order valence-corrected chi connectivity index (χ4v) is 4.49. The number of esters is 1. The number of anilines is 2. The van der Waals surface area contributed by atoms with Gasteiger partial charge in [-0.05, 0) is 79.2 Å². The van der Waals surface area contributed by atoms with Crippen molar-refractivity contribution in [1.29, 1.82) is 0 Å². The van der Waals surface area contributed by atoms with E-state index in [9.17, 15) is 19.2 Å². The smallest absolute Gasteiger partial charge is 0.338 e. The number of carbonyl (C=O) groups excluding carboxylic acids is 3. The highest BCUT2D eigenvalue weighted by atomic mass is 35.5. The number of imide groups is 1. The lowest BCUT2D eigenvalue weighted by atomic mass is 10.2. The molecular formula is C27H21ClN2O6S. The van der Waals surface area contributed by atoms with Crippen molar-refractivity contribution in [2.24, 2.45) is 0 Å². The maximum Gasteiger partial charge on any atom is 0.338 e. The van der Waals surface area contributed by atoms with E-state index >= 15 is 0 Å². The number of hydrogen-bond acceptors (Lipinski definition) is 7. The highest BCUT2D eigenvalue weighted by Crippen LogP contribution is 2.38. The maximum absolute atomic E-state index is 13.5. The zero-order valence-corrected chi connectivity index (χ0v) is 21.1. The summed E-state index contributed by atoms with van der Waals surface area (Å²) in [5.74, 6) is -2.71. The Morgan fingerprint density at radius 3 is 2.14 bits per heavy atom. The summed E-state index contributed by atoms with van der Waals surface area (Å²) in [6.07, 6.45) is 0.690. The second kappa shape index (κ2) is 11.3. The standard InChI is InChI=1S/C27H21ClN2O6S/c1-2-15-36-27(35)17-5-11-20(12-6-17)30-24(31)22(29-19-9-3-16(4-10-19)26(33)34)23(25(30)32)37-21-13-7-18(28)8-14-21/h3-14,29H,2,15H2,1H3,(H,33,34). The molecule has 3 aromatic carbocycles. The number of ether oxygens (including phenoxy) is 1. The Morgan fingerprint density at radius 2 is 1.54 bits per heavy atom. The predicted molar refractivity (Wildman–Crippen MR) is 141 cm³/mol. The van der Waals surface area contributed by atoms with Gasteiger partial charge in [0.05, 0.1) is 23.4 Å². The molecule has 2 amide bonds. The van der Waals surface area contributed by atoms with Gasteiger partial charge in [-0.25, -0.2) is 14.5 Å². The van der Waals surface area contributed by atoms with Crippen LogP contribution < -0.4 is 10.2 Å². The molecule has 0 atom stereocenters. The highest BCUT2D eigenvalue weighted by molar-refractivity contribution is 8.04. The lowest BCUT2D eigenvalue weighted by Crippen LogP contribution is -2.32. The molecule has 1 aliphatic rings. The highest BCUT2D eigenvalue weighted by Gasteiger charge is 2.40. The Bertz CT molecular complexity index is 1390. The number of hydrogen-bond donors (Lipinski definition) is 2. The Balaban J connectivity index is 1.65. The normalized spacial score (nSPS) is 13.2. The third-order valence-corrected chi connectivity index (χ3v) is 6.62. The molecule has 0 bridgehead atoms. The summed E-state index contributed by atoms with van der Waals surface area (Å²) in [7, 11) is 0. The van der Waals surface area contributed by atoms with Gasteiger partial charge in [-0.15, -0.1) is 0 Å². The number of amides is 2. The summed E-state index contributed by atoms with van der Waals surface area (Å²) in [5, 5.41) is 12.6. The first-order valence-electron chi connectivity index (χ1n) is 11.2. The first-order chi connectivity index (χ1) is 17.8. The van der Waals surface area contributed by atoms with Crippen LogP contribution >= 0.6 is 23.4 Å². The second-order valence-electron chi connectivity index (χ2n) is 7.90. The van der Waals surface area contributed by atoms with Crippen molar-refractivity contribution in [2.75, 3.05) is 16.8 Å². The fourth-order valence-electron chi connectivity index (χ4n) is 3.43. The summed E-state index contributed by atoms with van der Waals surface area (Å²) in [6, 6.07) is 18.6. The lowest BCUT2D eigenvalue weighted by Gasteiger charge is -2.16. The number of thioether (sulfide) groups is 1. The van der Waals surface area contributed by atoms with Crippen LogP contribution in [0.5, 0.6) is 0 Å². The second-order valence-corrected chi connectivity index (χ2v) is 9.42. The van der Waals surface area contributed by atoms with Gasteiger partial charge in [0, 0.05) is 15.6 Å². The minimum atomic E-state index is -1.08. The van der Waals surface area contributed by atoms with Crippen molar-refractivity contribution in [1.82, 2.24) is 0 Å². The molecule has 0 saturated heterocycles. The van der Waals surface area contributed by atoms with E-state index in [2.05, 4.69) is 5.32 Å². The van der Waals surface area contributed by atoms with Crippen molar-refractivity contribution < 1.29 is 29.0 Å². The molecule has 0 aliphatic carbocycles. The van der Waals surface area contributed by atoms with Crippen LogP contribution in [0.25, 0.3) is 0 Å². The van der Waals surface area contributed by atoms with Gasteiger partial charge in [0.2, 0.25) is 0 Å². The average molecular weight is 537 g/mol. The number of nitrogens with one attached hydrogen (secondary N) is 1. The maximum atomic E-state index is 13.5. The van der Waals surface area contributed by atoms with E-state index in [1.54, 1.807) is 24.3 Å². The van der Waals surface area contributed by atoms with E-state index in [0.717, 1.165) is 16.7 Å². The predicted octanol–water partition coefficient (Wildman–Crippen LogP) is 5.59. The minimum absolute atomic E-state index is 0.0412. The minimum Gasteiger partial charge on any atom is -0.478 e. The van der Waals surface area contributed by atoms with Crippen LogP contribution in [0.3, 0.4) is 0 Å². The van der Waals surface area contributed by atoms with Crippen molar-refractivity contribution in [3.8, 4) is 0 Å². The molecule has 1 aliphatic heterocycles. The molecule has 0 aromatic heterocycles. The fraction of sp³-hybridized carbons (Fsp3) is 0.111. The molecule has 0 radical (unpaired) electrons. The van der Waals surface area contributed by atoms with E-state index in [1.807, 2.05) is 6.92 Å². The van der Waals surface area contributed by atoms with Gasteiger partial charge < -0.3 is 15.2 Å². The number of nitrogens with zero attached hydrogens (tertiary/aromatic N) is 1. The number of aromatic carboxylic acids is 1. The monoisotopic (exact) mass is 536 g/mol. The molecule has 0 spiro atoms. The number of carboxylic acids is 1. The van der Waals surface area contributed by atoms with Crippen LogP contribution in [0, 0.1) is 0 Å². The zero-order chi connectivity index (χ0) is 26.5. The van der Waals surface area contributed by atoms with Crippen LogP contribution in [0.4, 0.5) is 11.4 Å². The van der Waals surface area contributed by atoms with Crippen LogP contribution in [0.1, 0.15) is 34.1 Å². The lowest BCUT2D eigenvalue weighted by molar-refractivity contribution is -0.120. The number of rotatable bonds is 9. The Hall–Kier alpha value is -4.08. The molecule has 188 valence electrons. The first kappa shape index (κ1) is 26.0. The average Bonchev–Trinajstić information content (AvgIpc) is 3.12. The molecular weight excluding hydrogens is 516 g/mol. The van der Waals surface area contributed by atoms with Crippen LogP contribution in [-0.2, 0) is 14.3 Å². The molecule has 2 N–H and O–H groups in total. The molecule has 1 heterocycles. The summed E-state index contributed by atoms with van der Waals surface area (Å²) in [5.41, 5.74) is 1.15. The Kier molecular flexibility index (Phi) is 7.95. The third-order valence-electron chi connectivity index (χ3n) is 5.27. The number of benzene rings is 3. The SMILES string of the molecule is CCCOC(=O)c1ccc(N2C(=O)C(Nc3ccc(C(=O)O)cc3)=C(Sc3ccc(Cl)cc3)C2=O)cc1. The summed E-state index contributed by atoms with van der Waals surface area (Å²) < 4.78 is 5.13. The van der Waals surface area contributed by atoms with E-state index in [1.165, 1.54) is 48.5 Å². The van der Waals surface area contributed by atoms with Crippen LogP contribution in [0.2, 0.25) is 5.02 Å². The van der Waals surface area contributed by atoms with Gasteiger partial charge in [-0.3, -0.25) is 9.59 Å². The van der Waals surface area contributed by atoms with Crippen LogP contribution in [-0.4, -0.2) is 35.5 Å². The van der Waals surface area contributed by atoms with Crippen molar-refractivity contribution >= 4 is 58.5 Å². The topological polar surface area (TPSA) is 113 Å². The van der Waals surface area contributed by atoms with Gasteiger partial charge in [0.25, 0.3) is 11.8 Å². The molecule has 8 nitrogen and oxygen atoms in total. The van der Waals surface area contributed by atoms with Crippen molar-refractivity contribution in [2.45, 2.75) is 18.2 Å². The van der Waals surface area contributed by atoms with Gasteiger partial charge in [0.1, 0.15) is 10.6 Å². The largest absolute Gasteiger partial charge is 0.478 e. The van der Waals surface area contributed by atoms with Gasteiger partial charge in [-0.1, -0.05) is 30.3 Å². The molecule has 0 fully saturated rings. The van der Waals surface area contributed by atoms with Crippen molar-refractivity contribution in [3.05, 3.63) is 99.5 Å². The third kappa shape index (κ3) is 5.84. The quantitative estimate of drug-likeness (QED) is 0.268. The molecule has 37 heavy (non-hydrogen) atoms. The molecule has 10 heteroatoms. The summed E-state index contributed by atoms with van der Waals surface area (Å²) in [6.45, 7) is 2.18. The van der Waals surface area contributed by atoms with E-state index < -0.39 is 23.8 Å². The molecule has 3 aromatic rings. The molecule has 0 saturated carbocycles.